The quantitative estimate of drug-likeness (QED) is 0.672. The predicted octanol–water partition coefficient (Wildman–Crippen LogP) is 2.75. The molecular weight excluding hydrogens is 433 g/mol. The van der Waals surface area contributed by atoms with Crippen LogP contribution in [0.5, 0.6) is 0 Å². The first-order valence-electron chi connectivity index (χ1n) is 9.77. The Kier molecular flexibility index (Phi) is 7.13. The second-order valence-electron chi connectivity index (χ2n) is 7.24. The maximum absolute atomic E-state index is 12.6. The minimum Gasteiger partial charge on any atom is -0.478 e. The molecule has 3 fully saturated rings. The number of hydrogen-bond donors (Lipinski definition) is 2. The largest absolute Gasteiger partial charge is 0.478 e. The van der Waals surface area contributed by atoms with Gasteiger partial charge in [0.15, 0.2) is 0 Å². The second kappa shape index (κ2) is 9.81. The van der Waals surface area contributed by atoms with Gasteiger partial charge in [0.1, 0.15) is 0 Å². The van der Waals surface area contributed by atoms with Crippen LogP contribution in [-0.2, 0) is 15.8 Å². The summed E-state index contributed by atoms with van der Waals surface area (Å²) in [6.07, 6.45) is -1.10. The number of anilines is 1. The molecule has 0 spiro atoms. The first-order valence-corrected chi connectivity index (χ1v) is 9.77. The van der Waals surface area contributed by atoms with Gasteiger partial charge in [-0.2, -0.15) is 13.2 Å². The standard InChI is InChI=1S/C16H17F3N4O.C4H4O4/c17-16(18,19)12-3-1-11(2-4-12)14-20-21-15(24-14)23-10-9-22-7-5-13(23)6-8-22;5-3(6)1-2-4(7)8/h1-4,13H,5-10H2;1-2H,(H,5,6)(H,7,8)/b;2-1+. The third-order valence-corrected chi connectivity index (χ3v) is 5.14. The van der Waals surface area contributed by atoms with Crippen molar-refractivity contribution in [3.05, 3.63) is 42.0 Å². The van der Waals surface area contributed by atoms with E-state index in [0.717, 1.165) is 51.2 Å². The molecule has 3 aliphatic heterocycles. The van der Waals surface area contributed by atoms with Crippen LogP contribution in [0, 0.1) is 0 Å². The average Bonchev–Trinajstić information content (AvgIpc) is 3.04. The van der Waals surface area contributed by atoms with Crippen LogP contribution in [0.3, 0.4) is 0 Å². The topological polar surface area (TPSA) is 120 Å². The number of carboxylic acid groups (broad SMARTS) is 2. The van der Waals surface area contributed by atoms with E-state index in [9.17, 15) is 22.8 Å². The lowest BCUT2D eigenvalue weighted by Gasteiger charge is -2.29. The zero-order chi connectivity index (χ0) is 23.3. The number of piperidine rings is 1. The monoisotopic (exact) mass is 454 g/mol. The summed E-state index contributed by atoms with van der Waals surface area (Å²) in [5.41, 5.74) is -0.200. The first kappa shape index (κ1) is 23.3. The highest BCUT2D eigenvalue weighted by molar-refractivity contribution is 5.89. The zero-order valence-electron chi connectivity index (χ0n) is 16.8. The van der Waals surface area contributed by atoms with Gasteiger partial charge in [0.05, 0.1) is 5.56 Å². The van der Waals surface area contributed by atoms with E-state index in [4.69, 9.17) is 14.6 Å². The Balaban J connectivity index is 0.000000312. The summed E-state index contributed by atoms with van der Waals surface area (Å²) in [5.74, 6) is -2.27. The normalized spacial score (nSPS) is 20.5. The summed E-state index contributed by atoms with van der Waals surface area (Å²) >= 11 is 0. The van der Waals surface area contributed by atoms with Gasteiger partial charge < -0.3 is 24.4 Å². The van der Waals surface area contributed by atoms with E-state index in [2.05, 4.69) is 20.0 Å². The second-order valence-corrected chi connectivity index (χ2v) is 7.24. The summed E-state index contributed by atoms with van der Waals surface area (Å²) in [4.78, 5) is 23.7. The molecule has 2 bridgehead atoms. The third-order valence-electron chi connectivity index (χ3n) is 5.14. The van der Waals surface area contributed by atoms with Crippen molar-refractivity contribution >= 4 is 18.0 Å². The minimum atomic E-state index is -4.35. The maximum Gasteiger partial charge on any atom is 0.416 e. The molecule has 12 heteroatoms. The number of fused-ring (bicyclic) bond motifs is 4. The lowest BCUT2D eigenvalue weighted by Crippen LogP contribution is -2.38. The third kappa shape index (κ3) is 6.06. The Hall–Kier alpha value is -3.41. The van der Waals surface area contributed by atoms with E-state index in [0.29, 0.717) is 29.8 Å². The Morgan fingerprint density at radius 3 is 2.09 bits per heavy atom. The molecule has 1 aromatic carbocycles. The Morgan fingerprint density at radius 2 is 1.56 bits per heavy atom. The molecule has 172 valence electrons. The van der Waals surface area contributed by atoms with E-state index in [-0.39, 0.29) is 5.89 Å². The fraction of sp³-hybridized carbons (Fsp3) is 0.400. The summed E-state index contributed by atoms with van der Waals surface area (Å²) in [6, 6.07) is 5.63. The van der Waals surface area contributed by atoms with Crippen molar-refractivity contribution in [3.63, 3.8) is 0 Å². The molecule has 0 saturated carbocycles. The van der Waals surface area contributed by atoms with E-state index >= 15 is 0 Å². The highest BCUT2D eigenvalue weighted by Crippen LogP contribution is 2.32. The van der Waals surface area contributed by atoms with Crippen molar-refractivity contribution in [2.24, 2.45) is 0 Å². The average molecular weight is 454 g/mol. The highest BCUT2D eigenvalue weighted by atomic mass is 19.4. The summed E-state index contributed by atoms with van der Waals surface area (Å²) in [7, 11) is 0. The van der Waals surface area contributed by atoms with Crippen molar-refractivity contribution in [1.29, 1.82) is 0 Å². The number of carbonyl (C=O) groups is 2. The van der Waals surface area contributed by atoms with Gasteiger partial charge in [-0.15, -0.1) is 5.10 Å². The SMILES string of the molecule is FC(F)(F)c1ccc(-c2nnc(N3CCN4CCC3CC4)o2)cc1.O=C(O)/C=C/C(=O)O. The number of aromatic nitrogens is 2. The van der Waals surface area contributed by atoms with Crippen molar-refractivity contribution < 1.29 is 37.4 Å². The van der Waals surface area contributed by atoms with Gasteiger partial charge >= 0.3 is 24.1 Å². The Bertz CT molecular complexity index is 950. The van der Waals surface area contributed by atoms with Crippen LogP contribution in [0.4, 0.5) is 19.2 Å². The molecule has 32 heavy (non-hydrogen) atoms. The zero-order valence-corrected chi connectivity index (χ0v) is 16.8. The van der Waals surface area contributed by atoms with Crippen LogP contribution in [0.15, 0.2) is 40.8 Å². The number of benzene rings is 1. The summed E-state index contributed by atoms with van der Waals surface area (Å²) < 4.78 is 43.6. The molecule has 0 atom stereocenters. The van der Waals surface area contributed by atoms with Crippen LogP contribution in [0.2, 0.25) is 0 Å². The van der Waals surface area contributed by atoms with Gasteiger partial charge in [0, 0.05) is 49.9 Å². The molecule has 2 N–H and O–H groups in total. The molecule has 1 aromatic heterocycles. The fourth-order valence-electron chi connectivity index (χ4n) is 3.53. The highest BCUT2D eigenvalue weighted by Gasteiger charge is 2.32. The van der Waals surface area contributed by atoms with E-state index < -0.39 is 23.7 Å². The minimum absolute atomic E-state index is 0.248. The number of alkyl halides is 3. The van der Waals surface area contributed by atoms with Crippen molar-refractivity contribution in [2.75, 3.05) is 31.1 Å². The maximum atomic E-state index is 12.6. The van der Waals surface area contributed by atoms with Crippen LogP contribution >= 0.6 is 0 Å². The van der Waals surface area contributed by atoms with Crippen LogP contribution in [0.1, 0.15) is 18.4 Å². The van der Waals surface area contributed by atoms with E-state index in [1.54, 1.807) is 0 Å². The lowest BCUT2D eigenvalue weighted by atomic mass is 10.1. The molecule has 0 unspecified atom stereocenters. The number of nitrogens with zero attached hydrogens (tertiary/aromatic N) is 4. The van der Waals surface area contributed by atoms with Crippen molar-refractivity contribution in [3.8, 4) is 11.5 Å². The number of hydrogen-bond acceptors (Lipinski definition) is 7. The van der Waals surface area contributed by atoms with Gasteiger partial charge in [-0.05, 0) is 37.1 Å². The molecule has 9 nitrogen and oxygen atoms in total. The van der Waals surface area contributed by atoms with Crippen LogP contribution in [-0.4, -0.2) is 69.5 Å². The van der Waals surface area contributed by atoms with Gasteiger partial charge in [-0.25, -0.2) is 9.59 Å². The smallest absolute Gasteiger partial charge is 0.416 e. The molecule has 3 saturated heterocycles. The van der Waals surface area contributed by atoms with Crippen LogP contribution < -0.4 is 4.90 Å². The molecule has 5 rings (SSSR count). The van der Waals surface area contributed by atoms with Crippen molar-refractivity contribution in [2.45, 2.75) is 25.1 Å². The van der Waals surface area contributed by atoms with Gasteiger partial charge in [0.25, 0.3) is 0 Å². The molecule has 0 aliphatic carbocycles. The first-order chi connectivity index (χ1) is 15.1. The number of rotatable bonds is 4. The lowest BCUT2D eigenvalue weighted by molar-refractivity contribution is -0.137. The number of aliphatic carboxylic acids is 2. The summed E-state index contributed by atoms with van der Waals surface area (Å²) in [6.45, 7) is 3.97. The molecule has 3 aliphatic rings. The Labute approximate surface area is 180 Å². The predicted molar refractivity (Wildman–Crippen MR) is 106 cm³/mol. The Morgan fingerprint density at radius 1 is 0.969 bits per heavy atom. The van der Waals surface area contributed by atoms with Crippen molar-refractivity contribution in [1.82, 2.24) is 15.1 Å². The van der Waals surface area contributed by atoms with Gasteiger partial charge in [0.2, 0.25) is 5.89 Å². The van der Waals surface area contributed by atoms with E-state index in [1.165, 1.54) is 12.1 Å². The summed E-state index contributed by atoms with van der Waals surface area (Å²) in [5, 5.41) is 23.8. The number of halogens is 3. The molecule has 0 radical (unpaired) electrons. The molecular formula is C20H21F3N4O5. The molecule has 0 amide bonds. The number of carboxylic acids is 2. The molecule has 2 aromatic rings. The van der Waals surface area contributed by atoms with Crippen LogP contribution in [0.25, 0.3) is 11.5 Å². The van der Waals surface area contributed by atoms with Gasteiger partial charge in [-0.1, -0.05) is 5.10 Å². The fourth-order valence-corrected chi connectivity index (χ4v) is 3.53. The van der Waals surface area contributed by atoms with Gasteiger partial charge in [-0.3, -0.25) is 0 Å². The molecule has 4 heterocycles. The van der Waals surface area contributed by atoms with E-state index in [1.807, 2.05) is 0 Å².